The smallest absolute Gasteiger partial charge is 0.239 e. The fourth-order valence-electron chi connectivity index (χ4n) is 1.73. The molecule has 3 N–H and O–H groups in total. The lowest BCUT2D eigenvalue weighted by atomic mass is 10.0. The van der Waals surface area contributed by atoms with Gasteiger partial charge in [-0.25, -0.2) is 0 Å². The predicted octanol–water partition coefficient (Wildman–Crippen LogP) is 1.22. The summed E-state index contributed by atoms with van der Waals surface area (Å²) in [6, 6.07) is 9.30. The summed E-state index contributed by atoms with van der Waals surface area (Å²) < 4.78 is 0. The predicted molar refractivity (Wildman–Crippen MR) is 72.2 cm³/mol. The minimum absolute atomic E-state index is 0.112. The zero-order chi connectivity index (χ0) is 13.6. The molecule has 0 aliphatic rings. The van der Waals surface area contributed by atoms with Crippen LogP contribution >= 0.6 is 0 Å². The molecule has 1 aromatic rings. The minimum atomic E-state index is -0.674. The Balaban J connectivity index is 2.48. The Labute approximate surface area is 108 Å². The molecule has 1 unspecified atom stereocenters. The molecular formula is C14H22N2O2. The van der Waals surface area contributed by atoms with E-state index in [4.69, 9.17) is 0 Å². The van der Waals surface area contributed by atoms with E-state index in [1.54, 1.807) is 0 Å². The summed E-state index contributed by atoms with van der Waals surface area (Å²) in [6.07, 6.45) is -0.674. The van der Waals surface area contributed by atoms with Crippen LogP contribution in [0.5, 0.6) is 0 Å². The van der Waals surface area contributed by atoms with Gasteiger partial charge in [-0.2, -0.15) is 0 Å². The molecule has 1 amide bonds. The van der Waals surface area contributed by atoms with Crippen LogP contribution < -0.4 is 10.6 Å². The van der Waals surface area contributed by atoms with Crippen LogP contribution in [0.1, 0.15) is 32.4 Å². The van der Waals surface area contributed by atoms with Gasteiger partial charge < -0.3 is 15.7 Å². The first-order valence-corrected chi connectivity index (χ1v) is 6.23. The highest BCUT2D eigenvalue weighted by Crippen LogP contribution is 2.11. The monoisotopic (exact) mass is 250 g/mol. The molecule has 0 radical (unpaired) electrons. The Bertz CT molecular complexity index is 377. The maximum Gasteiger partial charge on any atom is 0.239 e. The van der Waals surface area contributed by atoms with Gasteiger partial charge in [-0.3, -0.25) is 4.79 Å². The van der Waals surface area contributed by atoms with Crippen molar-refractivity contribution in [1.82, 2.24) is 10.6 Å². The van der Waals surface area contributed by atoms with E-state index < -0.39 is 11.6 Å². The van der Waals surface area contributed by atoms with Gasteiger partial charge in [-0.15, -0.1) is 0 Å². The summed E-state index contributed by atoms with van der Waals surface area (Å²) >= 11 is 0. The molecule has 1 atom stereocenters. The number of likely N-dealkylation sites (N-methyl/N-ethyl adjacent to an activating group) is 1. The van der Waals surface area contributed by atoms with Crippen LogP contribution in [0.3, 0.4) is 0 Å². The quantitative estimate of drug-likeness (QED) is 0.711. The second-order valence-electron chi connectivity index (χ2n) is 4.79. The van der Waals surface area contributed by atoms with Gasteiger partial charge in [-0.1, -0.05) is 37.3 Å². The van der Waals surface area contributed by atoms with Crippen LogP contribution in [0, 0.1) is 0 Å². The lowest BCUT2D eigenvalue weighted by Gasteiger charge is -2.25. The van der Waals surface area contributed by atoms with Crippen molar-refractivity contribution in [2.24, 2.45) is 0 Å². The molecule has 0 saturated carbocycles. The number of carbonyl (C=O) groups excluding carboxylic acids is 1. The number of carbonyl (C=O) groups is 1. The average Bonchev–Trinajstić information content (AvgIpc) is 2.36. The maximum absolute atomic E-state index is 11.9. The Hall–Kier alpha value is -1.39. The Morgan fingerprint density at radius 1 is 1.33 bits per heavy atom. The van der Waals surface area contributed by atoms with E-state index in [2.05, 4.69) is 10.6 Å². The van der Waals surface area contributed by atoms with E-state index in [-0.39, 0.29) is 12.5 Å². The lowest BCUT2D eigenvalue weighted by molar-refractivity contribution is -0.126. The summed E-state index contributed by atoms with van der Waals surface area (Å²) in [4.78, 5) is 11.9. The largest absolute Gasteiger partial charge is 0.387 e. The SMILES string of the molecule is CCNC(C)(C)C(=O)NCC(O)c1ccccc1. The van der Waals surface area contributed by atoms with Gasteiger partial charge in [0.25, 0.3) is 0 Å². The number of rotatable bonds is 6. The molecule has 0 bridgehead atoms. The molecule has 100 valence electrons. The average molecular weight is 250 g/mol. The summed E-state index contributed by atoms with van der Waals surface area (Å²) in [5, 5.41) is 15.8. The summed E-state index contributed by atoms with van der Waals surface area (Å²) in [5.41, 5.74) is 0.185. The first-order chi connectivity index (χ1) is 8.47. The van der Waals surface area contributed by atoms with Gasteiger partial charge in [0.2, 0.25) is 5.91 Å². The fraction of sp³-hybridized carbons (Fsp3) is 0.500. The van der Waals surface area contributed by atoms with Crippen LogP contribution in [-0.2, 0) is 4.79 Å². The van der Waals surface area contributed by atoms with Crippen molar-refractivity contribution in [3.8, 4) is 0 Å². The standard InChI is InChI=1S/C14H22N2O2/c1-4-16-14(2,3)13(18)15-10-12(17)11-8-6-5-7-9-11/h5-9,12,16-17H,4,10H2,1-3H3,(H,15,18). The van der Waals surface area contributed by atoms with Gasteiger partial charge in [0, 0.05) is 6.54 Å². The third-order valence-electron chi connectivity index (χ3n) is 2.83. The first-order valence-electron chi connectivity index (χ1n) is 6.23. The Morgan fingerprint density at radius 2 is 1.94 bits per heavy atom. The molecular weight excluding hydrogens is 228 g/mol. The van der Waals surface area contributed by atoms with Gasteiger partial charge in [-0.05, 0) is 26.0 Å². The number of aliphatic hydroxyl groups is 1. The van der Waals surface area contributed by atoms with E-state index in [1.165, 1.54) is 0 Å². The van der Waals surface area contributed by atoms with E-state index in [9.17, 15) is 9.90 Å². The van der Waals surface area contributed by atoms with Crippen molar-refractivity contribution in [2.75, 3.05) is 13.1 Å². The zero-order valence-electron chi connectivity index (χ0n) is 11.2. The molecule has 0 spiro atoms. The third-order valence-corrected chi connectivity index (χ3v) is 2.83. The van der Waals surface area contributed by atoms with Crippen LogP contribution in [0.2, 0.25) is 0 Å². The highest BCUT2D eigenvalue weighted by Gasteiger charge is 2.26. The molecule has 1 aromatic carbocycles. The van der Waals surface area contributed by atoms with E-state index in [1.807, 2.05) is 51.1 Å². The summed E-state index contributed by atoms with van der Waals surface area (Å²) in [7, 11) is 0. The van der Waals surface area contributed by atoms with E-state index in [0.29, 0.717) is 0 Å². The number of hydrogen-bond acceptors (Lipinski definition) is 3. The van der Waals surface area contributed by atoms with E-state index >= 15 is 0 Å². The van der Waals surface area contributed by atoms with Crippen LogP contribution in [-0.4, -0.2) is 29.6 Å². The highest BCUT2D eigenvalue weighted by molar-refractivity contribution is 5.85. The fourth-order valence-corrected chi connectivity index (χ4v) is 1.73. The van der Waals surface area contributed by atoms with E-state index in [0.717, 1.165) is 12.1 Å². The number of nitrogens with one attached hydrogen (secondary N) is 2. The third kappa shape index (κ3) is 4.13. The van der Waals surface area contributed by atoms with Crippen molar-refractivity contribution in [3.05, 3.63) is 35.9 Å². The van der Waals surface area contributed by atoms with Crippen molar-refractivity contribution in [1.29, 1.82) is 0 Å². The molecule has 0 heterocycles. The normalized spacial score (nSPS) is 13.1. The van der Waals surface area contributed by atoms with Crippen molar-refractivity contribution in [3.63, 3.8) is 0 Å². The van der Waals surface area contributed by atoms with Crippen LogP contribution in [0.4, 0.5) is 0 Å². The topological polar surface area (TPSA) is 61.4 Å². The number of hydrogen-bond donors (Lipinski definition) is 3. The highest BCUT2D eigenvalue weighted by atomic mass is 16.3. The molecule has 0 saturated heterocycles. The summed E-state index contributed by atoms with van der Waals surface area (Å²) in [5.74, 6) is -0.112. The van der Waals surface area contributed by atoms with Gasteiger partial charge in [0.15, 0.2) is 0 Å². The van der Waals surface area contributed by atoms with Crippen LogP contribution in [0.15, 0.2) is 30.3 Å². The Morgan fingerprint density at radius 3 is 2.50 bits per heavy atom. The molecule has 4 nitrogen and oxygen atoms in total. The minimum Gasteiger partial charge on any atom is -0.387 e. The molecule has 1 rings (SSSR count). The van der Waals surface area contributed by atoms with Gasteiger partial charge in [0.1, 0.15) is 0 Å². The first kappa shape index (κ1) is 14.7. The second kappa shape index (κ2) is 6.52. The number of aliphatic hydroxyl groups excluding tert-OH is 1. The number of amides is 1. The number of benzene rings is 1. The second-order valence-corrected chi connectivity index (χ2v) is 4.79. The van der Waals surface area contributed by atoms with Gasteiger partial charge in [0.05, 0.1) is 11.6 Å². The van der Waals surface area contributed by atoms with Gasteiger partial charge >= 0.3 is 0 Å². The molecule has 0 aliphatic heterocycles. The van der Waals surface area contributed by atoms with Crippen molar-refractivity contribution >= 4 is 5.91 Å². The van der Waals surface area contributed by atoms with Crippen LogP contribution in [0.25, 0.3) is 0 Å². The summed E-state index contributed by atoms with van der Waals surface area (Å²) in [6.45, 7) is 6.54. The maximum atomic E-state index is 11.9. The molecule has 0 aliphatic carbocycles. The van der Waals surface area contributed by atoms with Crippen molar-refractivity contribution < 1.29 is 9.90 Å². The molecule has 0 fully saturated rings. The van der Waals surface area contributed by atoms with Crippen molar-refractivity contribution in [2.45, 2.75) is 32.4 Å². The molecule has 18 heavy (non-hydrogen) atoms. The zero-order valence-corrected chi connectivity index (χ0v) is 11.2. The molecule has 4 heteroatoms. The molecule has 0 aromatic heterocycles. The Kier molecular flexibility index (Phi) is 5.31. The lowest BCUT2D eigenvalue weighted by Crippen LogP contribution is -2.53.